The number of thiophene rings is 1. The molecule has 194 valence electrons. The topological polar surface area (TPSA) is 93.1 Å². The van der Waals surface area contributed by atoms with E-state index in [1.54, 1.807) is 11.3 Å². The first-order valence-corrected chi connectivity index (χ1v) is 13.4. The number of nitriles is 3. The summed E-state index contributed by atoms with van der Waals surface area (Å²) in [6.45, 7) is 13.8. The molecule has 0 atom stereocenters. The van der Waals surface area contributed by atoms with Crippen molar-refractivity contribution in [2.24, 2.45) is 0 Å². The van der Waals surface area contributed by atoms with Gasteiger partial charge in [0, 0.05) is 45.7 Å². The molecule has 1 aliphatic rings. The molecule has 0 saturated carbocycles. The smallest absolute Gasteiger partial charge is 0.172 e. The van der Waals surface area contributed by atoms with E-state index in [0.717, 1.165) is 39.8 Å². The van der Waals surface area contributed by atoms with E-state index < -0.39 is 5.60 Å². The van der Waals surface area contributed by atoms with E-state index in [0.29, 0.717) is 5.57 Å². The summed E-state index contributed by atoms with van der Waals surface area (Å²) in [5.41, 5.74) is 1.97. The van der Waals surface area contributed by atoms with Gasteiger partial charge in [-0.05, 0) is 84.0 Å². The van der Waals surface area contributed by atoms with Crippen LogP contribution in [0.15, 0.2) is 58.9 Å². The lowest BCUT2D eigenvalue weighted by Crippen LogP contribution is -2.21. The van der Waals surface area contributed by atoms with E-state index in [1.807, 2.05) is 64.1 Å². The van der Waals surface area contributed by atoms with E-state index >= 15 is 0 Å². The summed E-state index contributed by atoms with van der Waals surface area (Å²) >= 11 is 1.61. The summed E-state index contributed by atoms with van der Waals surface area (Å²) in [5, 5.41) is 28.2. The molecule has 0 aliphatic carbocycles. The normalized spacial score (nSPS) is 14.5. The third kappa shape index (κ3) is 6.35. The van der Waals surface area contributed by atoms with Gasteiger partial charge in [0.15, 0.2) is 11.3 Å². The summed E-state index contributed by atoms with van der Waals surface area (Å²) in [6, 6.07) is 16.1. The van der Waals surface area contributed by atoms with Crippen LogP contribution in [0.3, 0.4) is 0 Å². The number of allylic oxidation sites excluding steroid dienone is 2. The number of nitrogens with zero attached hydrogens (tertiary/aromatic N) is 4. The molecule has 1 aromatic heterocycles. The van der Waals surface area contributed by atoms with Gasteiger partial charge < -0.3 is 14.4 Å². The molecule has 7 heteroatoms. The van der Waals surface area contributed by atoms with Gasteiger partial charge in [-0.3, -0.25) is 0 Å². The van der Waals surface area contributed by atoms with Crippen LogP contribution < -0.4 is 9.64 Å². The molecule has 0 unspecified atom stereocenters. The van der Waals surface area contributed by atoms with Gasteiger partial charge in [0.25, 0.3) is 0 Å². The zero-order valence-corrected chi connectivity index (χ0v) is 23.5. The zero-order valence-electron chi connectivity index (χ0n) is 22.7. The molecule has 0 saturated heterocycles. The van der Waals surface area contributed by atoms with Crippen molar-refractivity contribution < 1.29 is 9.47 Å². The number of ether oxygens (including phenoxy) is 2. The fourth-order valence-corrected chi connectivity index (χ4v) is 4.99. The van der Waals surface area contributed by atoms with Crippen LogP contribution in [0.2, 0.25) is 0 Å². The average Bonchev–Trinajstić information content (AvgIpc) is 3.44. The van der Waals surface area contributed by atoms with Gasteiger partial charge in [0.05, 0.1) is 6.10 Å². The van der Waals surface area contributed by atoms with E-state index in [-0.39, 0.29) is 23.0 Å². The second kappa shape index (κ2) is 12.3. The minimum Gasteiger partial charge on any atom is -0.490 e. The molecule has 0 fully saturated rings. The van der Waals surface area contributed by atoms with Crippen LogP contribution in [0, 0.1) is 34.0 Å². The van der Waals surface area contributed by atoms with Gasteiger partial charge in [0.2, 0.25) is 0 Å². The fraction of sp³-hybridized carbons (Fsp3) is 0.323. The van der Waals surface area contributed by atoms with Crippen LogP contribution >= 0.6 is 11.3 Å². The molecule has 0 N–H and O–H groups in total. The molecule has 2 heterocycles. The first-order valence-electron chi connectivity index (χ1n) is 12.6. The van der Waals surface area contributed by atoms with Crippen molar-refractivity contribution in [3.8, 4) is 24.0 Å². The Kier molecular flexibility index (Phi) is 9.19. The molecule has 0 amide bonds. The summed E-state index contributed by atoms with van der Waals surface area (Å²) in [6.07, 6.45) is 7.95. The van der Waals surface area contributed by atoms with Crippen molar-refractivity contribution in [2.45, 2.75) is 53.2 Å². The van der Waals surface area contributed by atoms with Crippen molar-refractivity contribution in [3.63, 3.8) is 0 Å². The van der Waals surface area contributed by atoms with E-state index in [2.05, 4.69) is 55.2 Å². The standard InChI is InChI=1S/C31H32N4O2S/c1-7-35(8-2)24-11-9-22(29(17-24)36-21(3)4)10-12-25-13-14-26(38-25)15-16-28-27(20-34)30(23(18-32)19-33)37-31(28,5)6/h9-17,21H,7-8H2,1-6H3/b12-10+,16-15+. The third-order valence-electron chi connectivity index (χ3n) is 6.04. The SMILES string of the molecule is CCN(CC)c1ccc(/C=C/c2ccc(/C=C/C3=C(C#N)C(=C(C#N)C#N)OC3(C)C)s2)c(OC(C)C)c1. The number of hydrogen-bond acceptors (Lipinski definition) is 7. The molecule has 3 rings (SSSR count). The lowest BCUT2D eigenvalue weighted by atomic mass is 9.94. The second-order valence-corrected chi connectivity index (χ2v) is 10.6. The maximum atomic E-state index is 9.72. The third-order valence-corrected chi connectivity index (χ3v) is 7.06. The predicted octanol–water partition coefficient (Wildman–Crippen LogP) is 7.50. The first kappa shape index (κ1) is 28.3. The van der Waals surface area contributed by atoms with E-state index in [9.17, 15) is 15.8 Å². The number of rotatable bonds is 9. The van der Waals surface area contributed by atoms with Gasteiger partial charge >= 0.3 is 0 Å². The molecular formula is C31H32N4O2S. The second-order valence-electron chi connectivity index (χ2n) is 9.41. The minimum atomic E-state index is -0.833. The highest BCUT2D eigenvalue weighted by Gasteiger charge is 2.38. The molecule has 1 aliphatic heterocycles. The van der Waals surface area contributed by atoms with Crippen molar-refractivity contribution in [1.82, 2.24) is 0 Å². The van der Waals surface area contributed by atoms with Crippen LogP contribution in [0.4, 0.5) is 5.69 Å². The first-order chi connectivity index (χ1) is 18.2. The van der Waals surface area contributed by atoms with Gasteiger partial charge in [-0.15, -0.1) is 11.3 Å². The van der Waals surface area contributed by atoms with Crippen LogP contribution in [-0.4, -0.2) is 24.8 Å². The van der Waals surface area contributed by atoms with Gasteiger partial charge in [-0.25, -0.2) is 0 Å². The van der Waals surface area contributed by atoms with Gasteiger partial charge in [0.1, 0.15) is 35.1 Å². The van der Waals surface area contributed by atoms with Gasteiger partial charge in [-0.1, -0.05) is 6.08 Å². The Hall–Kier alpha value is -4.25. The van der Waals surface area contributed by atoms with Crippen molar-refractivity contribution in [3.05, 3.63) is 74.2 Å². The number of hydrogen-bond donors (Lipinski definition) is 0. The van der Waals surface area contributed by atoms with Crippen molar-refractivity contribution in [2.75, 3.05) is 18.0 Å². The van der Waals surface area contributed by atoms with E-state index in [1.165, 1.54) is 0 Å². The highest BCUT2D eigenvalue weighted by Crippen LogP contribution is 2.40. The maximum absolute atomic E-state index is 9.72. The zero-order chi connectivity index (χ0) is 27.9. The van der Waals surface area contributed by atoms with Crippen LogP contribution in [0.5, 0.6) is 5.75 Å². The molecular weight excluding hydrogens is 492 g/mol. The Bertz CT molecular complexity index is 1420. The Morgan fingerprint density at radius 2 is 1.63 bits per heavy atom. The molecule has 38 heavy (non-hydrogen) atoms. The molecule has 1 aromatic carbocycles. The van der Waals surface area contributed by atoms with Crippen molar-refractivity contribution >= 4 is 35.3 Å². The molecule has 0 bridgehead atoms. The molecule has 6 nitrogen and oxygen atoms in total. The quantitative estimate of drug-likeness (QED) is 0.315. The summed E-state index contributed by atoms with van der Waals surface area (Å²) in [7, 11) is 0. The summed E-state index contributed by atoms with van der Waals surface area (Å²) < 4.78 is 12.0. The predicted molar refractivity (Wildman–Crippen MR) is 154 cm³/mol. The number of anilines is 1. The Morgan fingerprint density at radius 1 is 1.00 bits per heavy atom. The van der Waals surface area contributed by atoms with Crippen molar-refractivity contribution in [1.29, 1.82) is 15.8 Å². The Morgan fingerprint density at radius 3 is 2.18 bits per heavy atom. The monoisotopic (exact) mass is 524 g/mol. The Labute approximate surface area is 229 Å². The lowest BCUT2D eigenvalue weighted by Gasteiger charge is -2.23. The fourth-order valence-electron chi connectivity index (χ4n) is 4.17. The summed E-state index contributed by atoms with van der Waals surface area (Å²) in [4.78, 5) is 4.36. The minimum absolute atomic E-state index is 0.0448. The van der Waals surface area contributed by atoms with Crippen LogP contribution in [-0.2, 0) is 4.74 Å². The number of benzene rings is 1. The van der Waals surface area contributed by atoms with E-state index in [4.69, 9.17) is 9.47 Å². The molecule has 0 spiro atoms. The van der Waals surface area contributed by atoms with Crippen LogP contribution in [0.1, 0.15) is 56.9 Å². The van der Waals surface area contributed by atoms with Gasteiger partial charge in [-0.2, -0.15) is 15.8 Å². The largest absolute Gasteiger partial charge is 0.490 e. The van der Waals surface area contributed by atoms with Crippen LogP contribution in [0.25, 0.3) is 18.2 Å². The molecule has 2 aromatic rings. The highest BCUT2D eigenvalue weighted by molar-refractivity contribution is 7.13. The molecule has 0 radical (unpaired) electrons. The average molecular weight is 525 g/mol. The maximum Gasteiger partial charge on any atom is 0.172 e. The summed E-state index contributed by atoms with van der Waals surface area (Å²) in [5.74, 6) is 0.901. The highest BCUT2D eigenvalue weighted by atomic mass is 32.1. The lowest BCUT2D eigenvalue weighted by molar-refractivity contribution is 0.0954. The Balaban J connectivity index is 1.88.